The van der Waals surface area contributed by atoms with Gasteiger partial charge in [-0.2, -0.15) is 0 Å². The van der Waals surface area contributed by atoms with Crippen molar-refractivity contribution in [3.63, 3.8) is 0 Å². The maximum absolute atomic E-state index is 11.8. The number of hydrogen-bond acceptors (Lipinski definition) is 3. The Morgan fingerprint density at radius 1 is 1.20 bits per heavy atom. The van der Waals surface area contributed by atoms with E-state index >= 15 is 0 Å². The molecule has 0 heterocycles. The molecular weight excluding hydrogens is 262 g/mol. The van der Waals surface area contributed by atoms with Crippen LogP contribution in [-0.4, -0.2) is 54.1 Å². The lowest BCUT2D eigenvalue weighted by atomic mass is 10.1. The van der Waals surface area contributed by atoms with Gasteiger partial charge in [-0.15, -0.1) is 0 Å². The minimum atomic E-state index is -1.06. The van der Waals surface area contributed by atoms with Crippen molar-refractivity contribution < 1.29 is 19.5 Å². The lowest BCUT2D eigenvalue weighted by Crippen LogP contribution is -2.49. The van der Waals surface area contributed by atoms with Gasteiger partial charge >= 0.3 is 12.0 Å². The number of amides is 3. The highest BCUT2D eigenvalue weighted by Gasteiger charge is 2.21. The average molecular weight is 287 g/mol. The van der Waals surface area contributed by atoms with Crippen LogP contribution in [-0.2, 0) is 9.59 Å². The normalized spacial score (nSPS) is 11.6. The number of unbranched alkanes of at least 4 members (excludes halogenated alkanes) is 1. The fraction of sp³-hybridized carbons (Fsp3) is 0.769. The molecule has 0 aromatic carbocycles. The van der Waals surface area contributed by atoms with Gasteiger partial charge in [-0.3, -0.25) is 4.79 Å². The van der Waals surface area contributed by atoms with Gasteiger partial charge in [0.25, 0.3) is 0 Å². The fourth-order valence-corrected chi connectivity index (χ4v) is 1.53. The first kappa shape index (κ1) is 18.2. The lowest BCUT2D eigenvalue weighted by molar-refractivity contribution is -0.139. The molecule has 1 unspecified atom stereocenters. The van der Waals surface area contributed by atoms with Crippen molar-refractivity contribution in [1.82, 2.24) is 15.5 Å². The predicted octanol–water partition coefficient (Wildman–Crippen LogP) is 0.797. The van der Waals surface area contributed by atoms with Gasteiger partial charge in [-0.1, -0.05) is 26.7 Å². The van der Waals surface area contributed by atoms with Crippen LogP contribution in [0.1, 0.15) is 39.5 Å². The summed E-state index contributed by atoms with van der Waals surface area (Å²) in [4.78, 5) is 35.4. The van der Waals surface area contributed by atoms with E-state index in [0.29, 0.717) is 13.0 Å². The number of nitrogens with zero attached hydrogens (tertiary/aromatic N) is 1. The van der Waals surface area contributed by atoms with Crippen LogP contribution in [0.3, 0.4) is 0 Å². The number of nitrogens with one attached hydrogen (secondary N) is 2. The zero-order chi connectivity index (χ0) is 15.5. The largest absolute Gasteiger partial charge is 0.480 e. The Morgan fingerprint density at radius 3 is 2.35 bits per heavy atom. The Bertz CT molecular complexity index is 334. The Hall–Kier alpha value is -1.79. The predicted molar refractivity (Wildman–Crippen MR) is 75.4 cm³/mol. The molecule has 0 rings (SSSR count). The smallest absolute Gasteiger partial charge is 0.326 e. The van der Waals surface area contributed by atoms with Gasteiger partial charge in [-0.25, -0.2) is 9.59 Å². The van der Waals surface area contributed by atoms with Crippen LogP contribution in [0.4, 0.5) is 4.79 Å². The van der Waals surface area contributed by atoms with Crippen LogP contribution < -0.4 is 10.6 Å². The monoisotopic (exact) mass is 287 g/mol. The minimum absolute atomic E-state index is 0.0913. The van der Waals surface area contributed by atoms with E-state index < -0.39 is 18.0 Å². The molecule has 0 aromatic rings. The first-order chi connectivity index (χ1) is 9.42. The number of carboxylic acids is 1. The third-order valence-corrected chi connectivity index (χ3v) is 2.74. The highest BCUT2D eigenvalue weighted by molar-refractivity contribution is 5.86. The van der Waals surface area contributed by atoms with Gasteiger partial charge in [0.05, 0.1) is 0 Å². The molecule has 3 amide bonds. The summed E-state index contributed by atoms with van der Waals surface area (Å²) in [5.41, 5.74) is 0. The molecule has 0 aliphatic carbocycles. The van der Waals surface area contributed by atoms with Crippen molar-refractivity contribution in [3.8, 4) is 0 Å². The van der Waals surface area contributed by atoms with E-state index in [9.17, 15) is 14.4 Å². The molecule has 3 N–H and O–H groups in total. The quantitative estimate of drug-likeness (QED) is 0.584. The molecule has 0 fully saturated rings. The van der Waals surface area contributed by atoms with Crippen molar-refractivity contribution >= 4 is 17.9 Å². The second-order valence-corrected chi connectivity index (χ2v) is 4.69. The van der Waals surface area contributed by atoms with Gasteiger partial charge in [0.15, 0.2) is 0 Å². The number of carboxylic acid groups (broad SMARTS) is 1. The molecule has 0 saturated heterocycles. The Labute approximate surface area is 119 Å². The maximum atomic E-state index is 11.8. The summed E-state index contributed by atoms with van der Waals surface area (Å²) in [6.07, 6.45) is 2.78. The van der Waals surface area contributed by atoms with Crippen LogP contribution in [0, 0.1) is 0 Å². The van der Waals surface area contributed by atoms with Crippen molar-refractivity contribution in [2.45, 2.75) is 45.6 Å². The second-order valence-electron chi connectivity index (χ2n) is 4.69. The van der Waals surface area contributed by atoms with Crippen LogP contribution in [0.25, 0.3) is 0 Å². The minimum Gasteiger partial charge on any atom is -0.480 e. The molecule has 0 aliphatic rings. The van der Waals surface area contributed by atoms with Crippen molar-refractivity contribution in [3.05, 3.63) is 0 Å². The van der Waals surface area contributed by atoms with Gasteiger partial charge in [0.2, 0.25) is 5.91 Å². The summed E-state index contributed by atoms with van der Waals surface area (Å²) in [6.45, 7) is 4.35. The molecule has 0 aromatic heterocycles. The average Bonchev–Trinajstić information content (AvgIpc) is 2.40. The molecule has 7 nitrogen and oxygen atoms in total. The number of carbonyl (C=O) groups excluding carboxylic acids is 2. The van der Waals surface area contributed by atoms with E-state index in [1.54, 1.807) is 0 Å². The van der Waals surface area contributed by atoms with E-state index in [2.05, 4.69) is 10.6 Å². The van der Waals surface area contributed by atoms with Gasteiger partial charge in [0, 0.05) is 13.6 Å². The van der Waals surface area contributed by atoms with Crippen LogP contribution in [0.2, 0.25) is 0 Å². The molecular formula is C13H25N3O4. The van der Waals surface area contributed by atoms with Gasteiger partial charge in [-0.05, 0) is 12.8 Å². The maximum Gasteiger partial charge on any atom is 0.326 e. The Balaban J connectivity index is 4.27. The third kappa shape index (κ3) is 7.60. The first-order valence-electron chi connectivity index (χ1n) is 6.93. The summed E-state index contributed by atoms with van der Waals surface area (Å²) in [6, 6.07) is -1.47. The number of likely N-dealkylation sites (N-methyl/N-ethyl adjacent to an activating group) is 1. The summed E-state index contributed by atoms with van der Waals surface area (Å²) >= 11 is 0. The summed E-state index contributed by atoms with van der Waals surface area (Å²) in [5, 5.41) is 14.1. The zero-order valence-corrected chi connectivity index (χ0v) is 12.4. The van der Waals surface area contributed by atoms with E-state index in [1.165, 1.54) is 11.9 Å². The second kappa shape index (κ2) is 10.1. The van der Waals surface area contributed by atoms with Gasteiger partial charge in [0.1, 0.15) is 12.6 Å². The van der Waals surface area contributed by atoms with Crippen LogP contribution in [0.15, 0.2) is 0 Å². The number of urea groups is 1. The van der Waals surface area contributed by atoms with E-state index in [1.807, 2.05) is 13.8 Å². The van der Waals surface area contributed by atoms with Crippen molar-refractivity contribution in [2.24, 2.45) is 0 Å². The standard InChI is InChI=1S/C13H25N3O4/c1-4-6-7-10(12(18)19)15-13(20)16(3)9-11(17)14-8-5-2/h10H,4-9H2,1-3H3,(H,14,17)(H,15,20)(H,18,19). The first-order valence-corrected chi connectivity index (χ1v) is 6.93. The molecule has 0 radical (unpaired) electrons. The highest BCUT2D eigenvalue weighted by atomic mass is 16.4. The molecule has 116 valence electrons. The van der Waals surface area contributed by atoms with Gasteiger partial charge < -0.3 is 20.6 Å². The van der Waals surface area contributed by atoms with E-state index in [0.717, 1.165) is 19.3 Å². The summed E-state index contributed by atoms with van der Waals surface area (Å²) in [7, 11) is 1.46. The molecule has 0 spiro atoms. The number of carbonyl (C=O) groups is 3. The zero-order valence-electron chi connectivity index (χ0n) is 12.4. The Morgan fingerprint density at radius 2 is 1.85 bits per heavy atom. The van der Waals surface area contributed by atoms with E-state index in [4.69, 9.17) is 5.11 Å². The molecule has 0 bridgehead atoms. The van der Waals surface area contributed by atoms with Crippen LogP contribution in [0.5, 0.6) is 0 Å². The SMILES string of the molecule is CCCCC(NC(=O)N(C)CC(=O)NCCC)C(=O)O. The number of aliphatic carboxylic acids is 1. The fourth-order valence-electron chi connectivity index (χ4n) is 1.53. The molecule has 1 atom stereocenters. The summed E-state index contributed by atoms with van der Waals surface area (Å²) in [5.74, 6) is -1.32. The lowest BCUT2D eigenvalue weighted by Gasteiger charge is -2.21. The molecule has 20 heavy (non-hydrogen) atoms. The highest BCUT2D eigenvalue weighted by Crippen LogP contribution is 2.01. The molecule has 7 heteroatoms. The molecule has 0 aliphatic heterocycles. The number of hydrogen-bond donors (Lipinski definition) is 3. The number of rotatable bonds is 9. The molecule has 0 saturated carbocycles. The summed E-state index contributed by atoms with van der Waals surface area (Å²) < 4.78 is 0. The topological polar surface area (TPSA) is 98.7 Å². The van der Waals surface area contributed by atoms with Crippen molar-refractivity contribution in [2.75, 3.05) is 20.1 Å². The van der Waals surface area contributed by atoms with E-state index in [-0.39, 0.29) is 12.5 Å². The van der Waals surface area contributed by atoms with Crippen LogP contribution >= 0.6 is 0 Å². The van der Waals surface area contributed by atoms with Crippen molar-refractivity contribution in [1.29, 1.82) is 0 Å². The third-order valence-electron chi connectivity index (χ3n) is 2.74. The Kier molecular flexibility index (Phi) is 9.15.